The fourth-order valence-electron chi connectivity index (χ4n) is 2.59. The highest BCUT2D eigenvalue weighted by Gasteiger charge is 2.22. The quantitative estimate of drug-likeness (QED) is 0.754. The lowest BCUT2D eigenvalue weighted by Gasteiger charge is -2.21. The van der Waals surface area contributed by atoms with Crippen molar-refractivity contribution in [1.29, 1.82) is 0 Å². The minimum Gasteiger partial charge on any atom is -0.388 e. The van der Waals surface area contributed by atoms with Crippen molar-refractivity contribution in [3.05, 3.63) is 35.6 Å². The maximum atomic E-state index is 13.1. The monoisotopic (exact) mass is 222 g/mol. The largest absolute Gasteiger partial charge is 0.388 e. The number of halogens is 1. The molecule has 0 aromatic heterocycles. The minimum absolute atomic E-state index is 0.259. The van der Waals surface area contributed by atoms with Crippen molar-refractivity contribution in [3.63, 3.8) is 0 Å². The van der Waals surface area contributed by atoms with Gasteiger partial charge in [-0.25, -0.2) is 4.39 Å². The van der Waals surface area contributed by atoms with E-state index in [1.54, 1.807) is 6.07 Å². The molecule has 1 nitrogen and oxygen atoms in total. The van der Waals surface area contributed by atoms with Gasteiger partial charge in [-0.3, -0.25) is 0 Å². The van der Waals surface area contributed by atoms with E-state index in [1.807, 2.05) is 6.07 Å². The lowest BCUT2D eigenvalue weighted by molar-refractivity contribution is 0.0985. The Morgan fingerprint density at radius 1 is 1.12 bits per heavy atom. The van der Waals surface area contributed by atoms with Crippen molar-refractivity contribution in [2.75, 3.05) is 0 Å². The highest BCUT2D eigenvalue weighted by atomic mass is 19.1. The first-order valence-electron chi connectivity index (χ1n) is 6.21. The van der Waals surface area contributed by atoms with Gasteiger partial charge in [-0.2, -0.15) is 0 Å². The van der Waals surface area contributed by atoms with Crippen LogP contribution in [0.4, 0.5) is 4.39 Å². The zero-order chi connectivity index (χ0) is 11.4. The van der Waals surface area contributed by atoms with E-state index in [9.17, 15) is 9.50 Å². The van der Waals surface area contributed by atoms with Gasteiger partial charge in [0.1, 0.15) is 5.82 Å². The normalized spacial score (nSPS) is 20.4. The number of hydrogen-bond acceptors (Lipinski definition) is 1. The van der Waals surface area contributed by atoms with E-state index in [1.165, 1.54) is 37.8 Å². The fourth-order valence-corrected chi connectivity index (χ4v) is 2.59. The SMILES string of the molecule is OC(c1cccc(F)c1)C1CCCCCC1. The molecule has 0 heterocycles. The van der Waals surface area contributed by atoms with Crippen LogP contribution in [0.3, 0.4) is 0 Å². The van der Waals surface area contributed by atoms with Gasteiger partial charge in [0.15, 0.2) is 0 Å². The van der Waals surface area contributed by atoms with Gasteiger partial charge in [0.2, 0.25) is 0 Å². The van der Waals surface area contributed by atoms with Gasteiger partial charge in [-0.05, 0) is 36.5 Å². The first kappa shape index (κ1) is 11.6. The Morgan fingerprint density at radius 3 is 2.44 bits per heavy atom. The topological polar surface area (TPSA) is 20.2 Å². The number of benzene rings is 1. The highest BCUT2D eigenvalue weighted by Crippen LogP contribution is 2.33. The van der Waals surface area contributed by atoms with Gasteiger partial charge < -0.3 is 5.11 Å². The number of rotatable bonds is 2. The van der Waals surface area contributed by atoms with E-state index in [-0.39, 0.29) is 5.82 Å². The molecule has 16 heavy (non-hydrogen) atoms. The summed E-state index contributed by atoms with van der Waals surface area (Å²) in [6, 6.07) is 6.36. The third-order valence-corrected chi connectivity index (χ3v) is 3.54. The zero-order valence-electron chi connectivity index (χ0n) is 9.53. The van der Waals surface area contributed by atoms with Gasteiger partial charge >= 0.3 is 0 Å². The van der Waals surface area contributed by atoms with E-state index in [2.05, 4.69) is 0 Å². The molecule has 1 N–H and O–H groups in total. The molecule has 0 radical (unpaired) electrons. The molecule has 0 bridgehead atoms. The molecule has 1 aromatic carbocycles. The summed E-state index contributed by atoms with van der Waals surface area (Å²) in [6.07, 6.45) is 6.57. The Kier molecular flexibility index (Phi) is 3.94. The summed E-state index contributed by atoms with van der Waals surface area (Å²) >= 11 is 0. The molecule has 0 spiro atoms. The van der Waals surface area contributed by atoms with Crippen molar-refractivity contribution >= 4 is 0 Å². The Hall–Kier alpha value is -0.890. The second-order valence-electron chi connectivity index (χ2n) is 4.75. The molecule has 2 heteroatoms. The molecule has 2 rings (SSSR count). The zero-order valence-corrected chi connectivity index (χ0v) is 9.53. The summed E-state index contributed by atoms with van der Waals surface area (Å²) in [5.74, 6) is 0.0504. The summed E-state index contributed by atoms with van der Waals surface area (Å²) in [4.78, 5) is 0. The Morgan fingerprint density at radius 2 is 1.81 bits per heavy atom. The van der Waals surface area contributed by atoms with Crippen molar-refractivity contribution in [2.24, 2.45) is 5.92 Å². The van der Waals surface area contributed by atoms with Crippen LogP contribution in [0.2, 0.25) is 0 Å². The van der Waals surface area contributed by atoms with Gasteiger partial charge in [0, 0.05) is 0 Å². The van der Waals surface area contributed by atoms with Crippen LogP contribution in [0.15, 0.2) is 24.3 Å². The molecule has 0 saturated heterocycles. The van der Waals surface area contributed by atoms with Crippen LogP contribution in [0, 0.1) is 11.7 Å². The first-order valence-corrected chi connectivity index (χ1v) is 6.21. The molecule has 88 valence electrons. The van der Waals surface area contributed by atoms with Crippen molar-refractivity contribution < 1.29 is 9.50 Å². The molecule has 1 atom stereocenters. The molecule has 0 amide bonds. The van der Waals surface area contributed by atoms with Crippen LogP contribution in [0.5, 0.6) is 0 Å². The highest BCUT2D eigenvalue weighted by molar-refractivity contribution is 5.19. The summed E-state index contributed by atoms with van der Waals surface area (Å²) in [7, 11) is 0. The van der Waals surface area contributed by atoms with Gasteiger partial charge in [-0.15, -0.1) is 0 Å². The molecule has 1 aliphatic carbocycles. The standard InChI is InChI=1S/C14H19FO/c15-13-9-5-8-12(10-13)14(16)11-6-3-1-2-4-7-11/h5,8-11,14,16H,1-4,6-7H2. The second kappa shape index (κ2) is 5.44. The molecule has 1 aliphatic rings. The average Bonchev–Trinajstić information content (AvgIpc) is 2.56. The molecule has 1 saturated carbocycles. The summed E-state index contributed by atoms with van der Waals surface area (Å²) < 4.78 is 13.1. The van der Waals surface area contributed by atoms with E-state index in [4.69, 9.17) is 0 Å². The predicted octanol–water partition coefficient (Wildman–Crippen LogP) is 3.83. The summed E-state index contributed by atoms with van der Waals surface area (Å²) in [5, 5.41) is 10.2. The molecule has 0 aliphatic heterocycles. The molecule has 1 unspecified atom stereocenters. The summed E-state index contributed by atoms with van der Waals surface area (Å²) in [5.41, 5.74) is 0.729. The van der Waals surface area contributed by atoms with E-state index < -0.39 is 6.10 Å². The molecular formula is C14H19FO. The van der Waals surface area contributed by atoms with Gasteiger partial charge in [0.25, 0.3) is 0 Å². The predicted molar refractivity (Wildman–Crippen MR) is 62.6 cm³/mol. The number of aliphatic hydroxyl groups is 1. The van der Waals surface area contributed by atoms with Crippen LogP contribution in [0.1, 0.15) is 50.2 Å². The number of hydrogen-bond donors (Lipinski definition) is 1. The summed E-state index contributed by atoms with van der Waals surface area (Å²) in [6.45, 7) is 0. The van der Waals surface area contributed by atoms with Gasteiger partial charge in [-0.1, -0.05) is 37.8 Å². The average molecular weight is 222 g/mol. The maximum absolute atomic E-state index is 13.1. The smallest absolute Gasteiger partial charge is 0.123 e. The van der Waals surface area contributed by atoms with Crippen molar-refractivity contribution in [3.8, 4) is 0 Å². The lowest BCUT2D eigenvalue weighted by Crippen LogP contribution is -2.12. The first-order chi connectivity index (χ1) is 7.77. The van der Waals surface area contributed by atoms with Gasteiger partial charge in [0.05, 0.1) is 6.10 Å². The van der Waals surface area contributed by atoms with Crippen molar-refractivity contribution in [1.82, 2.24) is 0 Å². The lowest BCUT2D eigenvalue weighted by atomic mass is 9.89. The molecular weight excluding hydrogens is 203 g/mol. The van der Waals surface area contributed by atoms with E-state index >= 15 is 0 Å². The Balaban J connectivity index is 2.07. The Labute approximate surface area is 96.3 Å². The minimum atomic E-state index is -0.492. The van der Waals surface area contributed by atoms with Crippen LogP contribution < -0.4 is 0 Å². The molecule has 1 aromatic rings. The van der Waals surface area contributed by atoms with Crippen LogP contribution in [-0.4, -0.2) is 5.11 Å². The van der Waals surface area contributed by atoms with Crippen molar-refractivity contribution in [2.45, 2.75) is 44.6 Å². The third-order valence-electron chi connectivity index (χ3n) is 3.54. The molecule has 1 fully saturated rings. The van der Waals surface area contributed by atoms with Crippen LogP contribution in [0.25, 0.3) is 0 Å². The maximum Gasteiger partial charge on any atom is 0.123 e. The van der Waals surface area contributed by atoms with E-state index in [0.29, 0.717) is 5.92 Å². The van der Waals surface area contributed by atoms with Crippen LogP contribution >= 0.6 is 0 Å². The Bertz CT molecular complexity index is 329. The van der Waals surface area contributed by atoms with E-state index in [0.717, 1.165) is 18.4 Å². The number of aliphatic hydroxyl groups excluding tert-OH is 1. The third kappa shape index (κ3) is 2.82. The second-order valence-corrected chi connectivity index (χ2v) is 4.75. The fraction of sp³-hybridized carbons (Fsp3) is 0.571. The van der Waals surface area contributed by atoms with Crippen LogP contribution in [-0.2, 0) is 0 Å².